The lowest BCUT2D eigenvalue weighted by Gasteiger charge is -2.09. The van der Waals surface area contributed by atoms with Crippen molar-refractivity contribution in [2.24, 2.45) is 0 Å². The number of hydrogen-bond donors (Lipinski definition) is 1. The van der Waals surface area contributed by atoms with E-state index in [-0.39, 0.29) is 27.6 Å². The fraction of sp³-hybridized carbons (Fsp3) is 0. The summed E-state index contributed by atoms with van der Waals surface area (Å²) in [5.74, 6) is -0.466. The molecule has 9 heteroatoms. The van der Waals surface area contributed by atoms with Gasteiger partial charge in [-0.2, -0.15) is 8.42 Å². The molecule has 0 heterocycles. The third kappa shape index (κ3) is 4.51. The number of rotatable bonds is 6. The van der Waals surface area contributed by atoms with Gasteiger partial charge in [0.1, 0.15) is 10.6 Å². The molecular weight excluding hydrogens is 384 g/mol. The van der Waals surface area contributed by atoms with Gasteiger partial charge < -0.3 is 9.50 Å². The minimum atomic E-state index is -4.13. The second-order valence-corrected chi connectivity index (χ2v) is 7.19. The fourth-order valence-electron chi connectivity index (χ4n) is 2.34. The molecule has 0 fully saturated rings. The molecule has 0 saturated carbocycles. The van der Waals surface area contributed by atoms with E-state index in [2.05, 4.69) is 5.32 Å². The van der Waals surface area contributed by atoms with Crippen molar-refractivity contribution >= 4 is 27.4 Å². The first-order chi connectivity index (χ1) is 13.3. The Labute approximate surface area is 160 Å². The monoisotopic (exact) mass is 398 g/mol. The van der Waals surface area contributed by atoms with Crippen LogP contribution in [0.1, 0.15) is 10.4 Å². The molecule has 0 unspecified atom stereocenters. The summed E-state index contributed by atoms with van der Waals surface area (Å²) in [4.78, 5) is 22.5. The first-order valence-corrected chi connectivity index (χ1v) is 9.41. The molecule has 0 spiro atoms. The number of nitro groups is 1. The van der Waals surface area contributed by atoms with E-state index in [1.807, 2.05) is 0 Å². The van der Waals surface area contributed by atoms with Crippen molar-refractivity contribution in [2.75, 3.05) is 5.32 Å². The van der Waals surface area contributed by atoms with Gasteiger partial charge in [-0.1, -0.05) is 30.3 Å². The second kappa shape index (κ2) is 7.89. The quantitative estimate of drug-likeness (QED) is 0.385. The van der Waals surface area contributed by atoms with Gasteiger partial charge in [-0.3, -0.25) is 14.9 Å². The topological polar surface area (TPSA) is 116 Å². The number of amides is 1. The Hall–Kier alpha value is -3.72. The zero-order valence-corrected chi connectivity index (χ0v) is 15.1. The zero-order valence-electron chi connectivity index (χ0n) is 14.3. The standard InChI is InChI=1S/C19H14N2O6S/c22-19(20-15-7-5-8-16(13-15)21(23)24)14-6-4-11-18(12-14)28(25,26)27-17-9-2-1-3-10-17/h1-13H,(H,20,22). The van der Waals surface area contributed by atoms with Gasteiger partial charge in [0.2, 0.25) is 0 Å². The summed E-state index contributed by atoms with van der Waals surface area (Å²) in [6.07, 6.45) is 0. The van der Waals surface area contributed by atoms with E-state index in [9.17, 15) is 23.3 Å². The molecule has 3 aromatic carbocycles. The van der Waals surface area contributed by atoms with Crippen LogP contribution < -0.4 is 9.50 Å². The molecule has 0 atom stereocenters. The summed E-state index contributed by atoms with van der Waals surface area (Å²) in [6, 6.07) is 18.7. The van der Waals surface area contributed by atoms with E-state index in [0.717, 1.165) is 0 Å². The largest absolute Gasteiger partial charge is 0.379 e. The highest BCUT2D eigenvalue weighted by Crippen LogP contribution is 2.21. The highest BCUT2D eigenvalue weighted by atomic mass is 32.2. The number of nitrogens with one attached hydrogen (secondary N) is 1. The Morgan fingerprint density at radius 1 is 0.929 bits per heavy atom. The van der Waals surface area contributed by atoms with E-state index in [4.69, 9.17) is 4.18 Å². The maximum absolute atomic E-state index is 12.4. The molecule has 142 valence electrons. The molecule has 0 aromatic heterocycles. The van der Waals surface area contributed by atoms with E-state index >= 15 is 0 Å². The average Bonchev–Trinajstić information content (AvgIpc) is 2.68. The van der Waals surface area contributed by atoms with Gasteiger partial charge in [-0.25, -0.2) is 0 Å². The molecule has 3 rings (SSSR count). The Balaban J connectivity index is 1.81. The van der Waals surface area contributed by atoms with Crippen molar-refractivity contribution in [1.82, 2.24) is 0 Å². The number of nitrogens with zero attached hydrogens (tertiary/aromatic N) is 1. The molecule has 28 heavy (non-hydrogen) atoms. The van der Waals surface area contributed by atoms with Crippen molar-refractivity contribution in [3.63, 3.8) is 0 Å². The highest BCUT2D eigenvalue weighted by Gasteiger charge is 2.19. The van der Waals surface area contributed by atoms with Crippen molar-refractivity contribution < 1.29 is 22.3 Å². The SMILES string of the molecule is O=C(Nc1cccc([N+](=O)[O-])c1)c1cccc(S(=O)(=O)Oc2ccccc2)c1. The molecule has 0 radical (unpaired) electrons. The third-order valence-electron chi connectivity index (χ3n) is 3.65. The van der Waals surface area contributed by atoms with E-state index < -0.39 is 20.9 Å². The molecule has 0 saturated heterocycles. The molecule has 1 amide bonds. The second-order valence-electron chi connectivity index (χ2n) is 5.64. The lowest BCUT2D eigenvalue weighted by molar-refractivity contribution is -0.384. The van der Waals surface area contributed by atoms with E-state index in [0.29, 0.717) is 0 Å². The van der Waals surface area contributed by atoms with Gasteiger partial charge in [-0.05, 0) is 36.4 Å². The lowest BCUT2D eigenvalue weighted by Crippen LogP contribution is -2.14. The number of hydrogen-bond acceptors (Lipinski definition) is 6. The molecule has 1 N–H and O–H groups in total. The summed E-state index contributed by atoms with van der Waals surface area (Å²) in [5.41, 5.74) is 0.0997. The van der Waals surface area contributed by atoms with Gasteiger partial charge in [0.15, 0.2) is 0 Å². The van der Waals surface area contributed by atoms with Crippen molar-refractivity contribution in [3.05, 3.63) is 94.5 Å². The zero-order chi connectivity index (χ0) is 20.1. The van der Waals surface area contributed by atoms with Crippen molar-refractivity contribution in [2.45, 2.75) is 4.90 Å². The molecule has 0 aliphatic carbocycles. The predicted octanol–water partition coefficient (Wildman–Crippen LogP) is 3.61. The number of anilines is 1. The van der Waals surface area contributed by atoms with Gasteiger partial charge in [0, 0.05) is 23.4 Å². The Kier molecular flexibility index (Phi) is 5.37. The summed E-state index contributed by atoms with van der Waals surface area (Å²) in [5, 5.41) is 13.3. The molecule has 3 aromatic rings. The highest BCUT2D eigenvalue weighted by molar-refractivity contribution is 7.87. The first kappa shape index (κ1) is 19.1. The number of carbonyl (C=O) groups is 1. The minimum absolute atomic E-state index is 0.0595. The van der Waals surface area contributed by atoms with Crippen LogP contribution >= 0.6 is 0 Å². The Morgan fingerprint density at radius 2 is 1.64 bits per heavy atom. The van der Waals surface area contributed by atoms with Crippen molar-refractivity contribution in [3.8, 4) is 5.75 Å². The molecule has 0 aliphatic rings. The maximum atomic E-state index is 12.4. The summed E-state index contributed by atoms with van der Waals surface area (Å²) >= 11 is 0. The normalized spacial score (nSPS) is 10.9. The van der Waals surface area contributed by atoms with Gasteiger partial charge in [0.25, 0.3) is 11.6 Å². The summed E-state index contributed by atoms with van der Waals surface area (Å²) < 4.78 is 29.9. The van der Waals surface area contributed by atoms with Crippen LogP contribution in [0.15, 0.2) is 83.8 Å². The van der Waals surface area contributed by atoms with E-state index in [1.165, 1.54) is 60.7 Å². The predicted molar refractivity (Wildman–Crippen MR) is 102 cm³/mol. The van der Waals surface area contributed by atoms with Crippen LogP contribution in [0.5, 0.6) is 5.75 Å². The Bertz CT molecular complexity index is 1130. The van der Waals surface area contributed by atoms with Gasteiger partial charge >= 0.3 is 10.1 Å². The fourth-order valence-corrected chi connectivity index (χ4v) is 3.32. The van der Waals surface area contributed by atoms with Crippen LogP contribution in [-0.4, -0.2) is 19.2 Å². The third-order valence-corrected chi connectivity index (χ3v) is 4.89. The molecular formula is C19H14N2O6S. The van der Waals surface area contributed by atoms with Crippen LogP contribution in [0.25, 0.3) is 0 Å². The molecule has 8 nitrogen and oxygen atoms in total. The van der Waals surface area contributed by atoms with Crippen LogP contribution in [-0.2, 0) is 10.1 Å². The van der Waals surface area contributed by atoms with Crippen LogP contribution in [0.4, 0.5) is 11.4 Å². The number of nitro benzene ring substituents is 1. The number of para-hydroxylation sites is 1. The lowest BCUT2D eigenvalue weighted by atomic mass is 10.2. The first-order valence-electron chi connectivity index (χ1n) is 8.00. The average molecular weight is 398 g/mol. The van der Waals surface area contributed by atoms with Gasteiger partial charge in [-0.15, -0.1) is 0 Å². The van der Waals surface area contributed by atoms with E-state index in [1.54, 1.807) is 18.2 Å². The smallest absolute Gasteiger partial charge is 0.339 e. The van der Waals surface area contributed by atoms with Gasteiger partial charge in [0.05, 0.1) is 4.92 Å². The summed E-state index contributed by atoms with van der Waals surface area (Å²) in [7, 11) is -4.13. The van der Waals surface area contributed by atoms with Crippen LogP contribution in [0.2, 0.25) is 0 Å². The minimum Gasteiger partial charge on any atom is -0.379 e. The Morgan fingerprint density at radius 3 is 2.36 bits per heavy atom. The number of carbonyl (C=O) groups excluding carboxylic acids is 1. The molecule has 0 bridgehead atoms. The van der Waals surface area contributed by atoms with Crippen molar-refractivity contribution in [1.29, 1.82) is 0 Å². The number of benzene rings is 3. The summed E-state index contributed by atoms with van der Waals surface area (Å²) in [6.45, 7) is 0. The van der Waals surface area contributed by atoms with Crippen LogP contribution in [0.3, 0.4) is 0 Å². The molecule has 0 aliphatic heterocycles. The van der Waals surface area contributed by atoms with Crippen LogP contribution in [0, 0.1) is 10.1 Å². The number of non-ortho nitro benzene ring substituents is 1. The maximum Gasteiger partial charge on any atom is 0.339 e.